The number of hydrogen-bond acceptors (Lipinski definition) is 2. The van der Waals surface area contributed by atoms with Gasteiger partial charge >= 0.3 is 0 Å². The van der Waals surface area contributed by atoms with Crippen LogP contribution in [0.15, 0.2) is 53.5 Å². The molecule has 1 N–H and O–H groups in total. The fourth-order valence-electron chi connectivity index (χ4n) is 2.22. The first-order chi connectivity index (χ1) is 10.3. The van der Waals surface area contributed by atoms with Gasteiger partial charge in [-0.05, 0) is 42.4 Å². The van der Waals surface area contributed by atoms with E-state index in [9.17, 15) is 0 Å². The van der Waals surface area contributed by atoms with E-state index in [4.69, 9.17) is 4.99 Å². The summed E-state index contributed by atoms with van der Waals surface area (Å²) in [7, 11) is 0. The summed E-state index contributed by atoms with van der Waals surface area (Å²) in [5, 5.41) is 4.39. The Balaban J connectivity index is 2.29. The van der Waals surface area contributed by atoms with Crippen LogP contribution in [-0.2, 0) is 12.8 Å². The van der Waals surface area contributed by atoms with Crippen molar-refractivity contribution in [2.24, 2.45) is 4.99 Å². The molecule has 3 heteroatoms. The van der Waals surface area contributed by atoms with Gasteiger partial charge in [-0.2, -0.15) is 0 Å². The number of aliphatic imine (C=N–C) groups is 1. The van der Waals surface area contributed by atoms with Gasteiger partial charge in [-0.1, -0.05) is 62.0 Å². The number of nitrogens with one attached hydrogen (secondary N) is 1. The lowest BCUT2D eigenvalue weighted by molar-refractivity contribution is 1.13. The van der Waals surface area contributed by atoms with Gasteiger partial charge in [0.15, 0.2) is 5.17 Å². The third-order valence-electron chi connectivity index (χ3n) is 3.43. The number of nitrogens with zero attached hydrogens (tertiary/aromatic N) is 1. The maximum Gasteiger partial charge on any atom is 0.165 e. The van der Waals surface area contributed by atoms with Crippen molar-refractivity contribution in [1.29, 1.82) is 0 Å². The minimum absolute atomic E-state index is 0.928. The third kappa shape index (κ3) is 4.11. The maximum atomic E-state index is 4.79. The highest BCUT2D eigenvalue weighted by molar-refractivity contribution is 8.13. The molecule has 2 nitrogen and oxygen atoms in total. The molecule has 0 saturated heterocycles. The van der Waals surface area contributed by atoms with Gasteiger partial charge in [0.25, 0.3) is 0 Å². The summed E-state index contributed by atoms with van der Waals surface area (Å²) in [6, 6.07) is 16.7. The molecule has 0 spiro atoms. The molecule has 0 bridgehead atoms. The summed E-state index contributed by atoms with van der Waals surface area (Å²) >= 11 is 1.64. The first-order valence-electron chi connectivity index (χ1n) is 7.34. The van der Waals surface area contributed by atoms with E-state index in [0.717, 1.165) is 29.4 Å². The zero-order valence-electron chi connectivity index (χ0n) is 12.9. The molecular formula is C18H22N2S. The van der Waals surface area contributed by atoms with Crippen molar-refractivity contribution in [1.82, 2.24) is 0 Å². The normalized spacial score (nSPS) is 11.5. The Bertz CT molecular complexity index is 620. The van der Waals surface area contributed by atoms with Crippen LogP contribution in [0.4, 0.5) is 11.4 Å². The second kappa shape index (κ2) is 7.89. The molecule has 0 aliphatic heterocycles. The lowest BCUT2D eigenvalue weighted by Crippen LogP contribution is -2.08. The standard InChI is InChI=1S/C18H22N2S/c1-4-14-10-6-8-12-16(14)19-18(21-3)20-17-13-9-7-11-15(17)5-2/h6-13H,4-5H2,1-3H3,(H,19,20). The van der Waals surface area contributed by atoms with E-state index in [2.05, 4.69) is 67.9 Å². The number of rotatable bonds is 4. The van der Waals surface area contributed by atoms with Crippen LogP contribution < -0.4 is 5.32 Å². The van der Waals surface area contributed by atoms with Crippen LogP contribution in [0, 0.1) is 0 Å². The molecule has 21 heavy (non-hydrogen) atoms. The van der Waals surface area contributed by atoms with Gasteiger partial charge < -0.3 is 5.32 Å². The first-order valence-corrected chi connectivity index (χ1v) is 8.56. The molecule has 0 amide bonds. The van der Waals surface area contributed by atoms with E-state index >= 15 is 0 Å². The predicted octanol–water partition coefficient (Wildman–Crippen LogP) is 5.27. The SMILES string of the molecule is CCc1ccccc1/N=C(/Nc1ccccc1CC)SC. The molecule has 0 radical (unpaired) electrons. The summed E-state index contributed by atoms with van der Waals surface area (Å²) < 4.78 is 0. The number of amidine groups is 1. The van der Waals surface area contributed by atoms with Crippen molar-refractivity contribution in [3.8, 4) is 0 Å². The van der Waals surface area contributed by atoms with Gasteiger partial charge in [0, 0.05) is 5.69 Å². The van der Waals surface area contributed by atoms with E-state index in [0.29, 0.717) is 0 Å². The molecule has 2 aromatic carbocycles. The molecule has 0 saturated carbocycles. The Kier molecular flexibility index (Phi) is 5.88. The number of aryl methyl sites for hydroxylation is 2. The summed E-state index contributed by atoms with van der Waals surface area (Å²) in [6.45, 7) is 4.33. The van der Waals surface area contributed by atoms with E-state index in [1.807, 2.05) is 6.07 Å². The van der Waals surface area contributed by atoms with Crippen LogP contribution in [0.2, 0.25) is 0 Å². The number of para-hydroxylation sites is 2. The summed E-state index contributed by atoms with van der Waals surface area (Å²) in [6.07, 6.45) is 4.05. The highest BCUT2D eigenvalue weighted by Gasteiger charge is 2.05. The molecule has 110 valence electrons. The molecule has 0 unspecified atom stereocenters. The van der Waals surface area contributed by atoms with Gasteiger partial charge in [-0.15, -0.1) is 0 Å². The van der Waals surface area contributed by atoms with Crippen molar-refractivity contribution >= 4 is 28.3 Å². The van der Waals surface area contributed by atoms with Crippen LogP contribution in [0.5, 0.6) is 0 Å². The lowest BCUT2D eigenvalue weighted by atomic mass is 10.1. The van der Waals surface area contributed by atoms with E-state index < -0.39 is 0 Å². The summed E-state index contributed by atoms with van der Waals surface area (Å²) in [5.41, 5.74) is 4.77. The van der Waals surface area contributed by atoms with Crippen LogP contribution >= 0.6 is 11.8 Å². The molecule has 0 heterocycles. The second-order valence-electron chi connectivity index (χ2n) is 4.74. The van der Waals surface area contributed by atoms with Crippen molar-refractivity contribution in [3.05, 3.63) is 59.7 Å². The molecule has 0 aromatic heterocycles. The quantitative estimate of drug-likeness (QED) is 0.614. The van der Waals surface area contributed by atoms with Gasteiger partial charge in [-0.3, -0.25) is 0 Å². The maximum absolute atomic E-state index is 4.79. The van der Waals surface area contributed by atoms with Gasteiger partial charge in [0.05, 0.1) is 5.69 Å². The van der Waals surface area contributed by atoms with Gasteiger partial charge in [0.2, 0.25) is 0 Å². The van der Waals surface area contributed by atoms with Crippen molar-refractivity contribution in [3.63, 3.8) is 0 Å². The average Bonchev–Trinajstić information content (AvgIpc) is 2.55. The zero-order chi connectivity index (χ0) is 15.1. The molecule has 0 fully saturated rings. The lowest BCUT2D eigenvalue weighted by Gasteiger charge is -2.12. The third-order valence-corrected chi connectivity index (χ3v) is 4.01. The highest BCUT2D eigenvalue weighted by atomic mass is 32.2. The molecule has 2 aromatic rings. The first kappa shape index (κ1) is 15.6. The molecule has 0 aliphatic rings. The monoisotopic (exact) mass is 298 g/mol. The fraction of sp³-hybridized carbons (Fsp3) is 0.278. The Morgan fingerprint density at radius 1 is 0.952 bits per heavy atom. The Labute approximate surface area is 131 Å². The highest BCUT2D eigenvalue weighted by Crippen LogP contribution is 2.23. The van der Waals surface area contributed by atoms with Crippen LogP contribution in [-0.4, -0.2) is 11.4 Å². The van der Waals surface area contributed by atoms with Gasteiger partial charge in [-0.25, -0.2) is 4.99 Å². The number of benzene rings is 2. The van der Waals surface area contributed by atoms with Crippen molar-refractivity contribution < 1.29 is 0 Å². The minimum atomic E-state index is 0.928. The van der Waals surface area contributed by atoms with Crippen molar-refractivity contribution in [2.45, 2.75) is 26.7 Å². The fourth-order valence-corrected chi connectivity index (χ4v) is 2.62. The van der Waals surface area contributed by atoms with E-state index in [-0.39, 0.29) is 0 Å². The second-order valence-corrected chi connectivity index (χ2v) is 5.53. The van der Waals surface area contributed by atoms with Crippen LogP contribution in [0.1, 0.15) is 25.0 Å². The largest absolute Gasteiger partial charge is 0.334 e. The number of anilines is 1. The Morgan fingerprint density at radius 3 is 2.24 bits per heavy atom. The molecule has 0 aliphatic carbocycles. The number of hydrogen-bond donors (Lipinski definition) is 1. The minimum Gasteiger partial charge on any atom is -0.334 e. The molecule has 2 rings (SSSR count). The molecular weight excluding hydrogens is 276 g/mol. The molecule has 0 atom stereocenters. The van der Waals surface area contributed by atoms with Crippen LogP contribution in [0.25, 0.3) is 0 Å². The van der Waals surface area contributed by atoms with E-state index in [1.54, 1.807) is 11.8 Å². The average molecular weight is 298 g/mol. The predicted molar refractivity (Wildman–Crippen MR) is 95.9 cm³/mol. The summed E-state index contributed by atoms with van der Waals surface area (Å²) in [4.78, 5) is 4.79. The summed E-state index contributed by atoms with van der Waals surface area (Å²) in [5.74, 6) is 0. The Hall–Kier alpha value is -1.74. The van der Waals surface area contributed by atoms with Crippen molar-refractivity contribution in [2.75, 3.05) is 11.6 Å². The smallest absolute Gasteiger partial charge is 0.165 e. The van der Waals surface area contributed by atoms with E-state index in [1.165, 1.54) is 11.1 Å². The topological polar surface area (TPSA) is 24.4 Å². The number of thioether (sulfide) groups is 1. The Morgan fingerprint density at radius 2 is 1.57 bits per heavy atom. The zero-order valence-corrected chi connectivity index (χ0v) is 13.7. The van der Waals surface area contributed by atoms with Crippen LogP contribution in [0.3, 0.4) is 0 Å². The van der Waals surface area contributed by atoms with Gasteiger partial charge in [0.1, 0.15) is 0 Å².